The number of rotatable bonds is 4. The average Bonchev–Trinajstić information content (AvgIpc) is 2.70. The molecule has 1 heterocycles. The normalized spacial score (nSPS) is 14.8. The lowest BCUT2D eigenvalue weighted by Crippen LogP contribution is -2.44. The summed E-state index contributed by atoms with van der Waals surface area (Å²) in [6.45, 7) is 1.84. The minimum Gasteiger partial charge on any atom is -0.378 e. The smallest absolute Gasteiger partial charge is 0.270 e. The van der Waals surface area contributed by atoms with Gasteiger partial charge in [0.25, 0.3) is 11.8 Å². The highest BCUT2D eigenvalue weighted by atomic mass is 19.1. The number of hydrogen-bond donors (Lipinski definition) is 1. The Kier molecular flexibility index (Phi) is 5.76. The Hall–Kier alpha value is -2.99. The highest BCUT2D eigenvalue weighted by molar-refractivity contribution is 6.05. The van der Waals surface area contributed by atoms with E-state index in [1.54, 1.807) is 47.4 Å². The van der Waals surface area contributed by atoms with Crippen LogP contribution in [0.4, 0.5) is 4.39 Å². The van der Waals surface area contributed by atoms with Crippen LogP contribution in [-0.2, 0) is 9.53 Å². The van der Waals surface area contributed by atoms with Crippen LogP contribution in [0.3, 0.4) is 0 Å². The number of ether oxygens (including phenoxy) is 1. The molecule has 26 heavy (non-hydrogen) atoms. The van der Waals surface area contributed by atoms with E-state index in [9.17, 15) is 14.0 Å². The quantitative estimate of drug-likeness (QED) is 0.858. The van der Waals surface area contributed by atoms with Crippen LogP contribution in [0.5, 0.6) is 0 Å². The standard InChI is InChI=1S/C20H19FN2O3/c21-17-8-6-15(7-9-17)14-18(20(25)23-10-12-26-13-11-23)22-19(24)16-4-2-1-3-5-16/h1-9,14H,10-13H2,(H,22,24)/b18-14+. The van der Waals surface area contributed by atoms with Gasteiger partial charge in [-0.25, -0.2) is 4.39 Å². The molecule has 1 saturated heterocycles. The monoisotopic (exact) mass is 354 g/mol. The number of benzene rings is 2. The topological polar surface area (TPSA) is 58.6 Å². The number of amides is 2. The zero-order valence-electron chi connectivity index (χ0n) is 14.2. The van der Waals surface area contributed by atoms with Crippen LogP contribution < -0.4 is 5.32 Å². The molecule has 0 radical (unpaired) electrons. The maximum absolute atomic E-state index is 13.1. The Morgan fingerprint density at radius 1 is 1.00 bits per heavy atom. The fraction of sp³-hybridized carbons (Fsp3) is 0.200. The van der Waals surface area contributed by atoms with E-state index in [4.69, 9.17) is 4.74 Å². The van der Waals surface area contributed by atoms with E-state index in [0.717, 1.165) is 0 Å². The Labute approximate surface area is 151 Å². The molecule has 2 aromatic carbocycles. The van der Waals surface area contributed by atoms with E-state index in [-0.39, 0.29) is 23.3 Å². The van der Waals surface area contributed by atoms with Crippen molar-refractivity contribution in [2.45, 2.75) is 0 Å². The van der Waals surface area contributed by atoms with E-state index in [2.05, 4.69) is 5.32 Å². The maximum Gasteiger partial charge on any atom is 0.270 e. The highest BCUT2D eigenvalue weighted by Crippen LogP contribution is 2.12. The van der Waals surface area contributed by atoms with E-state index in [1.165, 1.54) is 12.1 Å². The van der Waals surface area contributed by atoms with Crippen LogP contribution in [0.25, 0.3) is 6.08 Å². The summed E-state index contributed by atoms with van der Waals surface area (Å²) in [6, 6.07) is 14.4. The van der Waals surface area contributed by atoms with Gasteiger partial charge in [-0.3, -0.25) is 9.59 Å². The van der Waals surface area contributed by atoms with Crippen LogP contribution in [-0.4, -0.2) is 43.0 Å². The predicted molar refractivity (Wildman–Crippen MR) is 95.7 cm³/mol. The van der Waals surface area contributed by atoms with Gasteiger partial charge in [0.05, 0.1) is 13.2 Å². The molecular formula is C20H19FN2O3. The van der Waals surface area contributed by atoms with Crippen LogP contribution in [0.1, 0.15) is 15.9 Å². The summed E-state index contributed by atoms with van der Waals surface area (Å²) < 4.78 is 18.4. The summed E-state index contributed by atoms with van der Waals surface area (Å²) in [4.78, 5) is 27.0. The van der Waals surface area contributed by atoms with Crippen molar-refractivity contribution in [1.29, 1.82) is 0 Å². The van der Waals surface area contributed by atoms with Gasteiger partial charge >= 0.3 is 0 Å². The zero-order valence-corrected chi connectivity index (χ0v) is 14.2. The van der Waals surface area contributed by atoms with E-state index < -0.39 is 0 Å². The molecule has 0 bridgehead atoms. The molecule has 0 aromatic heterocycles. The molecule has 2 amide bonds. The van der Waals surface area contributed by atoms with Crippen molar-refractivity contribution in [2.75, 3.05) is 26.3 Å². The molecule has 6 heteroatoms. The summed E-state index contributed by atoms with van der Waals surface area (Å²) in [7, 11) is 0. The first-order chi connectivity index (χ1) is 12.6. The minimum absolute atomic E-state index is 0.146. The number of nitrogens with one attached hydrogen (secondary N) is 1. The summed E-state index contributed by atoms with van der Waals surface area (Å²) in [5, 5.41) is 2.69. The van der Waals surface area contributed by atoms with Crippen molar-refractivity contribution in [3.8, 4) is 0 Å². The Bertz CT molecular complexity index is 798. The molecule has 1 N–H and O–H groups in total. The van der Waals surface area contributed by atoms with Gasteiger partial charge in [0, 0.05) is 18.7 Å². The van der Waals surface area contributed by atoms with Crippen LogP contribution >= 0.6 is 0 Å². The van der Waals surface area contributed by atoms with E-state index >= 15 is 0 Å². The van der Waals surface area contributed by atoms with Crippen molar-refractivity contribution in [1.82, 2.24) is 10.2 Å². The third-order valence-corrected chi connectivity index (χ3v) is 3.99. The molecule has 2 aromatic rings. The molecule has 134 valence electrons. The summed E-state index contributed by atoms with van der Waals surface area (Å²) >= 11 is 0. The minimum atomic E-state index is -0.374. The van der Waals surface area contributed by atoms with Gasteiger partial charge in [-0.1, -0.05) is 30.3 Å². The number of morpholine rings is 1. The van der Waals surface area contributed by atoms with Gasteiger partial charge in [0.2, 0.25) is 0 Å². The lowest BCUT2D eigenvalue weighted by molar-refractivity contribution is -0.131. The molecule has 0 atom stereocenters. The molecule has 0 spiro atoms. The average molecular weight is 354 g/mol. The second kappa shape index (κ2) is 8.40. The van der Waals surface area contributed by atoms with Crippen molar-refractivity contribution in [3.63, 3.8) is 0 Å². The Balaban J connectivity index is 1.86. The largest absolute Gasteiger partial charge is 0.378 e. The lowest BCUT2D eigenvalue weighted by Gasteiger charge is -2.27. The number of carbonyl (C=O) groups excluding carboxylic acids is 2. The van der Waals surface area contributed by atoms with Gasteiger partial charge in [-0.2, -0.15) is 0 Å². The maximum atomic E-state index is 13.1. The van der Waals surface area contributed by atoms with Gasteiger partial charge in [-0.15, -0.1) is 0 Å². The lowest BCUT2D eigenvalue weighted by atomic mass is 10.1. The fourth-order valence-electron chi connectivity index (χ4n) is 2.60. The molecule has 1 aliphatic rings. The first-order valence-corrected chi connectivity index (χ1v) is 8.34. The van der Waals surface area contributed by atoms with E-state index in [1.807, 2.05) is 6.07 Å². The first-order valence-electron chi connectivity index (χ1n) is 8.34. The molecule has 1 fully saturated rings. The van der Waals surface area contributed by atoms with Crippen molar-refractivity contribution >= 4 is 17.9 Å². The summed E-state index contributed by atoms with van der Waals surface area (Å²) in [5.74, 6) is -1.03. The van der Waals surface area contributed by atoms with Crippen molar-refractivity contribution in [2.24, 2.45) is 0 Å². The number of halogens is 1. The van der Waals surface area contributed by atoms with Crippen molar-refractivity contribution in [3.05, 3.63) is 77.2 Å². The second-order valence-electron chi connectivity index (χ2n) is 5.83. The van der Waals surface area contributed by atoms with Crippen LogP contribution in [0.2, 0.25) is 0 Å². The third-order valence-electron chi connectivity index (χ3n) is 3.99. The molecule has 0 unspecified atom stereocenters. The molecule has 0 saturated carbocycles. The van der Waals surface area contributed by atoms with Gasteiger partial charge in [0.15, 0.2) is 0 Å². The SMILES string of the molecule is O=C(N/C(=C/c1ccc(F)cc1)C(=O)N1CCOCC1)c1ccccc1. The van der Waals surface area contributed by atoms with Gasteiger partial charge in [-0.05, 0) is 35.9 Å². The second-order valence-corrected chi connectivity index (χ2v) is 5.83. The molecule has 1 aliphatic heterocycles. The number of hydrogen-bond acceptors (Lipinski definition) is 3. The summed E-state index contributed by atoms with van der Waals surface area (Å²) in [5.41, 5.74) is 1.22. The van der Waals surface area contributed by atoms with Crippen molar-refractivity contribution < 1.29 is 18.7 Å². The van der Waals surface area contributed by atoms with Gasteiger partial charge < -0.3 is 15.0 Å². The summed E-state index contributed by atoms with van der Waals surface area (Å²) in [6.07, 6.45) is 1.55. The third kappa shape index (κ3) is 4.55. The number of carbonyl (C=O) groups is 2. The molecule has 0 aliphatic carbocycles. The molecule has 3 rings (SSSR count). The first kappa shape index (κ1) is 17.8. The highest BCUT2D eigenvalue weighted by Gasteiger charge is 2.22. The van der Waals surface area contributed by atoms with E-state index in [0.29, 0.717) is 37.4 Å². The van der Waals surface area contributed by atoms with Gasteiger partial charge in [0.1, 0.15) is 11.5 Å². The van der Waals surface area contributed by atoms with Crippen LogP contribution in [0.15, 0.2) is 60.3 Å². The molecular weight excluding hydrogens is 335 g/mol. The van der Waals surface area contributed by atoms with Crippen LogP contribution in [0, 0.1) is 5.82 Å². The number of nitrogens with zero attached hydrogens (tertiary/aromatic N) is 1. The Morgan fingerprint density at radius 2 is 1.65 bits per heavy atom. The predicted octanol–water partition coefficient (Wildman–Crippen LogP) is 2.46. The molecule has 5 nitrogen and oxygen atoms in total. The fourth-order valence-corrected chi connectivity index (χ4v) is 2.60. The zero-order chi connectivity index (χ0) is 18.4. The Morgan fingerprint density at radius 3 is 2.31 bits per heavy atom.